The van der Waals surface area contributed by atoms with Crippen molar-refractivity contribution in [1.82, 2.24) is 14.5 Å². The minimum Gasteiger partial charge on any atom is -0.331 e. The van der Waals surface area contributed by atoms with Gasteiger partial charge < -0.3 is 4.90 Å². The van der Waals surface area contributed by atoms with Gasteiger partial charge in [0.25, 0.3) is 5.91 Å². The van der Waals surface area contributed by atoms with Crippen molar-refractivity contribution in [2.75, 3.05) is 0 Å². The molecule has 1 heterocycles. The van der Waals surface area contributed by atoms with E-state index in [0.29, 0.717) is 17.8 Å². The Morgan fingerprint density at radius 1 is 1.18 bits per heavy atom. The molecule has 1 aromatic heterocycles. The lowest BCUT2D eigenvalue weighted by molar-refractivity contribution is 0.0608. The van der Waals surface area contributed by atoms with E-state index in [2.05, 4.69) is 14.5 Å². The molecule has 4 nitrogen and oxygen atoms in total. The quantitative estimate of drug-likeness (QED) is 0.829. The highest BCUT2D eigenvalue weighted by atomic mass is 32.1. The van der Waals surface area contributed by atoms with Gasteiger partial charge in [-0.1, -0.05) is 23.8 Å². The second-order valence-electron chi connectivity index (χ2n) is 5.03. The molecule has 0 radical (unpaired) electrons. The smallest absolute Gasteiger partial charge is 0.275 e. The van der Waals surface area contributed by atoms with Crippen LogP contribution >= 0.6 is 11.5 Å². The summed E-state index contributed by atoms with van der Waals surface area (Å²) in [6.45, 7) is 0. The van der Waals surface area contributed by atoms with Crippen molar-refractivity contribution < 1.29 is 4.79 Å². The zero-order valence-electron chi connectivity index (χ0n) is 9.84. The number of nitrogens with zero attached hydrogens (tertiary/aromatic N) is 3. The van der Waals surface area contributed by atoms with Gasteiger partial charge in [-0.2, -0.15) is 0 Å². The highest BCUT2D eigenvalue weighted by Gasteiger charge is 2.38. The molecule has 0 saturated heterocycles. The summed E-state index contributed by atoms with van der Waals surface area (Å²) in [4.78, 5) is 14.5. The van der Waals surface area contributed by atoms with Crippen LogP contribution in [0.15, 0.2) is 5.38 Å². The van der Waals surface area contributed by atoms with Gasteiger partial charge in [0.15, 0.2) is 5.69 Å². The van der Waals surface area contributed by atoms with Crippen LogP contribution in [0.1, 0.15) is 55.4 Å². The number of rotatable bonds is 3. The summed E-state index contributed by atoms with van der Waals surface area (Å²) in [5.41, 5.74) is 0.535. The molecule has 92 valence electrons. The largest absolute Gasteiger partial charge is 0.331 e. The third-order valence-corrected chi connectivity index (χ3v) is 4.23. The van der Waals surface area contributed by atoms with E-state index in [4.69, 9.17) is 0 Å². The minimum absolute atomic E-state index is 0.105. The van der Waals surface area contributed by atoms with E-state index in [-0.39, 0.29) is 5.91 Å². The second-order valence-corrected chi connectivity index (χ2v) is 5.64. The molecule has 1 aromatic rings. The molecular weight excluding hydrogens is 234 g/mol. The van der Waals surface area contributed by atoms with E-state index in [1.165, 1.54) is 56.5 Å². The first-order valence-corrected chi connectivity index (χ1v) is 7.29. The summed E-state index contributed by atoms with van der Waals surface area (Å²) in [7, 11) is 0. The number of carbonyl (C=O) groups is 1. The summed E-state index contributed by atoms with van der Waals surface area (Å²) < 4.78 is 3.79. The minimum atomic E-state index is 0.105. The number of carbonyl (C=O) groups excluding carboxylic acids is 1. The van der Waals surface area contributed by atoms with E-state index in [1.54, 1.807) is 5.38 Å². The Hall–Kier alpha value is -0.970. The summed E-state index contributed by atoms with van der Waals surface area (Å²) >= 11 is 1.26. The first-order chi connectivity index (χ1) is 8.36. The molecule has 17 heavy (non-hydrogen) atoms. The number of hydrogen-bond acceptors (Lipinski definition) is 4. The zero-order chi connectivity index (χ0) is 11.7. The summed E-state index contributed by atoms with van der Waals surface area (Å²) in [6, 6.07) is 0.928. The lowest BCUT2D eigenvalue weighted by Gasteiger charge is -2.34. The number of hydrogen-bond donors (Lipinski definition) is 0. The van der Waals surface area contributed by atoms with Crippen LogP contribution in [0.4, 0.5) is 0 Å². The Labute approximate surface area is 105 Å². The van der Waals surface area contributed by atoms with E-state index >= 15 is 0 Å². The van der Waals surface area contributed by atoms with Gasteiger partial charge in [-0.05, 0) is 37.2 Å². The summed E-state index contributed by atoms with van der Waals surface area (Å²) in [5.74, 6) is 0.105. The number of amides is 1. The maximum absolute atomic E-state index is 12.4. The normalized spacial score (nSPS) is 21.4. The molecule has 0 spiro atoms. The van der Waals surface area contributed by atoms with E-state index in [0.717, 1.165) is 0 Å². The van der Waals surface area contributed by atoms with Crippen molar-refractivity contribution in [3.8, 4) is 0 Å². The second kappa shape index (κ2) is 4.72. The van der Waals surface area contributed by atoms with Crippen molar-refractivity contribution in [2.45, 2.75) is 57.0 Å². The van der Waals surface area contributed by atoms with Crippen LogP contribution in [0.2, 0.25) is 0 Å². The van der Waals surface area contributed by atoms with Gasteiger partial charge in [0.2, 0.25) is 0 Å². The van der Waals surface area contributed by atoms with E-state index < -0.39 is 0 Å². The monoisotopic (exact) mass is 251 g/mol. The Morgan fingerprint density at radius 2 is 1.88 bits per heavy atom. The molecule has 2 aliphatic rings. The molecule has 2 fully saturated rings. The van der Waals surface area contributed by atoms with Crippen molar-refractivity contribution in [3.05, 3.63) is 11.1 Å². The molecule has 0 aliphatic heterocycles. The van der Waals surface area contributed by atoms with Gasteiger partial charge in [0.1, 0.15) is 0 Å². The van der Waals surface area contributed by atoms with Crippen LogP contribution in [0, 0.1) is 0 Å². The van der Waals surface area contributed by atoms with Crippen LogP contribution in [0.25, 0.3) is 0 Å². The molecule has 0 bridgehead atoms. The molecule has 2 saturated carbocycles. The third kappa shape index (κ3) is 2.34. The molecule has 0 unspecified atom stereocenters. The average molecular weight is 251 g/mol. The first-order valence-electron chi connectivity index (χ1n) is 6.46. The van der Waals surface area contributed by atoms with Gasteiger partial charge in [0, 0.05) is 17.5 Å². The predicted octanol–water partition coefficient (Wildman–Crippen LogP) is 2.48. The maximum atomic E-state index is 12.4. The standard InChI is InChI=1S/C12H17N3OS/c16-12(11-8-17-14-13-11)15(10-6-7-10)9-4-2-1-3-5-9/h8-10H,1-7H2. The summed E-state index contributed by atoms with van der Waals surface area (Å²) in [6.07, 6.45) is 8.51. The molecule has 2 aliphatic carbocycles. The highest BCUT2D eigenvalue weighted by Crippen LogP contribution is 2.34. The fourth-order valence-corrected chi connectivity index (χ4v) is 3.16. The van der Waals surface area contributed by atoms with Crippen LogP contribution in [-0.4, -0.2) is 32.5 Å². The molecule has 5 heteroatoms. The predicted molar refractivity (Wildman–Crippen MR) is 66.0 cm³/mol. The lowest BCUT2D eigenvalue weighted by atomic mass is 9.94. The Bertz CT molecular complexity index is 382. The fourth-order valence-electron chi connectivity index (χ4n) is 2.73. The van der Waals surface area contributed by atoms with Crippen molar-refractivity contribution in [3.63, 3.8) is 0 Å². The molecule has 3 rings (SSSR count). The third-order valence-electron chi connectivity index (χ3n) is 3.72. The molecule has 0 N–H and O–H groups in total. The Balaban J connectivity index is 1.77. The van der Waals surface area contributed by atoms with Gasteiger partial charge in [-0.15, -0.1) is 5.10 Å². The first kappa shape index (κ1) is 11.1. The van der Waals surface area contributed by atoms with E-state index in [9.17, 15) is 4.79 Å². The maximum Gasteiger partial charge on any atom is 0.275 e. The molecular formula is C12H17N3OS. The Morgan fingerprint density at radius 3 is 2.47 bits per heavy atom. The van der Waals surface area contributed by atoms with Crippen LogP contribution in [0.5, 0.6) is 0 Å². The van der Waals surface area contributed by atoms with Gasteiger partial charge in [-0.3, -0.25) is 4.79 Å². The lowest BCUT2D eigenvalue weighted by Crippen LogP contribution is -2.43. The fraction of sp³-hybridized carbons (Fsp3) is 0.750. The van der Waals surface area contributed by atoms with E-state index in [1.807, 2.05) is 0 Å². The molecule has 1 amide bonds. The number of aromatic nitrogens is 2. The average Bonchev–Trinajstić information content (AvgIpc) is 3.04. The van der Waals surface area contributed by atoms with Gasteiger partial charge >= 0.3 is 0 Å². The van der Waals surface area contributed by atoms with Crippen molar-refractivity contribution >= 4 is 17.4 Å². The van der Waals surface area contributed by atoms with Crippen LogP contribution in [-0.2, 0) is 0 Å². The topological polar surface area (TPSA) is 46.1 Å². The van der Waals surface area contributed by atoms with Gasteiger partial charge in [-0.25, -0.2) is 0 Å². The van der Waals surface area contributed by atoms with Crippen molar-refractivity contribution in [2.24, 2.45) is 0 Å². The van der Waals surface area contributed by atoms with Gasteiger partial charge in [0.05, 0.1) is 0 Å². The van der Waals surface area contributed by atoms with Crippen LogP contribution < -0.4 is 0 Å². The molecule has 0 aromatic carbocycles. The highest BCUT2D eigenvalue weighted by molar-refractivity contribution is 7.03. The molecule has 0 atom stereocenters. The van der Waals surface area contributed by atoms with Crippen LogP contribution in [0.3, 0.4) is 0 Å². The SMILES string of the molecule is O=C(c1csnn1)N(C1CCCCC1)C1CC1. The Kier molecular flexibility index (Phi) is 3.09. The zero-order valence-corrected chi connectivity index (χ0v) is 10.7. The summed E-state index contributed by atoms with van der Waals surface area (Å²) in [5, 5.41) is 5.68. The van der Waals surface area contributed by atoms with Crippen molar-refractivity contribution in [1.29, 1.82) is 0 Å².